The molecule has 3 N–H and O–H groups in total. The summed E-state index contributed by atoms with van der Waals surface area (Å²) in [4.78, 5) is 48.8. The highest BCUT2D eigenvalue weighted by Gasteiger charge is 2.36. The first-order valence-electron chi connectivity index (χ1n) is 9.77. The summed E-state index contributed by atoms with van der Waals surface area (Å²) in [6.45, 7) is 6.74. The second-order valence-electron chi connectivity index (χ2n) is 8.14. The highest BCUT2D eigenvalue weighted by molar-refractivity contribution is 5.77. The largest absolute Gasteiger partial charge is 0.443 e. The van der Waals surface area contributed by atoms with Crippen LogP contribution in [0.3, 0.4) is 0 Å². The Hall–Kier alpha value is -2.50. The van der Waals surface area contributed by atoms with Gasteiger partial charge < -0.3 is 25.3 Å². The predicted octanol–water partition coefficient (Wildman–Crippen LogP) is -0.676. The molecular formula is C19H30N4O7. The minimum atomic E-state index is -0.833. The van der Waals surface area contributed by atoms with Gasteiger partial charge in [-0.1, -0.05) is 0 Å². The molecule has 0 aliphatic carbocycles. The van der Waals surface area contributed by atoms with Crippen molar-refractivity contribution in [1.82, 2.24) is 14.5 Å². The van der Waals surface area contributed by atoms with Gasteiger partial charge in [0.15, 0.2) is 13.0 Å². The van der Waals surface area contributed by atoms with Crippen LogP contribution in [0.2, 0.25) is 0 Å². The molecule has 1 aromatic heterocycles. The molecule has 2 unspecified atom stereocenters. The van der Waals surface area contributed by atoms with Crippen LogP contribution >= 0.6 is 0 Å². The van der Waals surface area contributed by atoms with Gasteiger partial charge in [0.2, 0.25) is 5.91 Å². The topological polar surface area (TPSA) is 144 Å². The third-order valence-electron chi connectivity index (χ3n) is 4.46. The number of hydrogen-bond acceptors (Lipinski definition) is 8. The zero-order chi connectivity index (χ0) is 22.5. The number of rotatable bonds is 8. The molecule has 1 fully saturated rings. The van der Waals surface area contributed by atoms with E-state index in [0.29, 0.717) is 19.5 Å². The van der Waals surface area contributed by atoms with E-state index >= 15 is 0 Å². The van der Waals surface area contributed by atoms with Gasteiger partial charge in [0, 0.05) is 31.8 Å². The van der Waals surface area contributed by atoms with Gasteiger partial charge in [0.1, 0.15) is 12.7 Å². The van der Waals surface area contributed by atoms with Crippen LogP contribution in [0.15, 0.2) is 21.9 Å². The summed E-state index contributed by atoms with van der Waals surface area (Å²) in [7, 11) is 0. The van der Waals surface area contributed by atoms with Crippen LogP contribution in [0.1, 0.15) is 40.3 Å². The maximum absolute atomic E-state index is 12.9. The molecule has 3 atom stereocenters. The fraction of sp³-hybridized carbons (Fsp3) is 0.684. The Morgan fingerprint density at radius 3 is 2.67 bits per heavy atom. The summed E-state index contributed by atoms with van der Waals surface area (Å²) in [5.74, 6) is -0.871. The van der Waals surface area contributed by atoms with E-state index in [9.17, 15) is 19.2 Å². The minimum absolute atomic E-state index is 0.213. The number of nitrogens with two attached hydrogens (primary N) is 1. The maximum atomic E-state index is 12.9. The molecular weight excluding hydrogens is 396 g/mol. The molecule has 1 aromatic rings. The summed E-state index contributed by atoms with van der Waals surface area (Å²) in [5, 5.41) is 2.60. The van der Waals surface area contributed by atoms with E-state index < -0.39 is 41.7 Å². The number of hydrogen-bond donors (Lipinski definition) is 2. The molecule has 168 valence electrons. The molecule has 0 aromatic carbocycles. The lowest BCUT2D eigenvalue weighted by Crippen LogP contribution is -2.44. The van der Waals surface area contributed by atoms with E-state index in [2.05, 4.69) is 5.32 Å². The van der Waals surface area contributed by atoms with E-state index in [4.69, 9.17) is 19.9 Å². The van der Waals surface area contributed by atoms with Gasteiger partial charge in [-0.2, -0.15) is 0 Å². The summed E-state index contributed by atoms with van der Waals surface area (Å²) in [6, 6.07) is 1.18. The van der Waals surface area contributed by atoms with Crippen LogP contribution < -0.4 is 22.3 Å². The zero-order valence-corrected chi connectivity index (χ0v) is 17.8. The second-order valence-corrected chi connectivity index (χ2v) is 8.14. The Bertz CT molecular complexity index is 871. The highest BCUT2D eigenvalue weighted by Crippen LogP contribution is 2.29. The van der Waals surface area contributed by atoms with Gasteiger partial charge in [-0.3, -0.25) is 19.0 Å². The van der Waals surface area contributed by atoms with Crippen molar-refractivity contribution < 1.29 is 23.8 Å². The average molecular weight is 426 g/mol. The number of aromatic nitrogens is 2. The van der Waals surface area contributed by atoms with Gasteiger partial charge >= 0.3 is 11.7 Å². The van der Waals surface area contributed by atoms with Gasteiger partial charge in [-0.15, -0.1) is 0 Å². The van der Waals surface area contributed by atoms with Crippen LogP contribution in [0.5, 0.6) is 0 Å². The zero-order valence-electron chi connectivity index (χ0n) is 17.8. The minimum Gasteiger partial charge on any atom is -0.443 e. The van der Waals surface area contributed by atoms with Crippen molar-refractivity contribution in [3.63, 3.8) is 0 Å². The van der Waals surface area contributed by atoms with E-state index in [0.717, 1.165) is 4.57 Å². The molecule has 1 amide bonds. The molecule has 11 nitrogen and oxygen atoms in total. The first-order valence-corrected chi connectivity index (χ1v) is 9.77. The quantitative estimate of drug-likeness (QED) is 0.521. The summed E-state index contributed by atoms with van der Waals surface area (Å²) in [5.41, 5.74) is 3.26. The second kappa shape index (κ2) is 10.0. The normalized spacial score (nSPS) is 21.4. The Kier molecular flexibility index (Phi) is 7.93. The molecule has 30 heavy (non-hydrogen) atoms. The van der Waals surface area contributed by atoms with Crippen molar-refractivity contribution in [3.05, 3.63) is 33.1 Å². The van der Waals surface area contributed by atoms with E-state index in [1.807, 2.05) is 6.92 Å². The first-order chi connectivity index (χ1) is 14.0. The fourth-order valence-electron chi connectivity index (χ4n) is 2.85. The Balaban J connectivity index is 2.18. The average Bonchev–Trinajstić information content (AvgIpc) is 3.03. The molecule has 11 heteroatoms. The Morgan fingerprint density at radius 1 is 1.33 bits per heavy atom. The van der Waals surface area contributed by atoms with Crippen molar-refractivity contribution in [1.29, 1.82) is 0 Å². The summed E-state index contributed by atoms with van der Waals surface area (Å²) in [6.07, 6.45) is 0.127. The molecule has 1 saturated heterocycles. The number of amides is 1. The molecule has 2 heterocycles. The van der Waals surface area contributed by atoms with Gasteiger partial charge in [0.25, 0.3) is 5.56 Å². The summed E-state index contributed by atoms with van der Waals surface area (Å²) >= 11 is 0. The predicted molar refractivity (Wildman–Crippen MR) is 107 cm³/mol. The molecule has 0 saturated carbocycles. The fourth-order valence-corrected chi connectivity index (χ4v) is 2.85. The van der Waals surface area contributed by atoms with Crippen molar-refractivity contribution in [2.75, 3.05) is 19.7 Å². The summed E-state index contributed by atoms with van der Waals surface area (Å²) < 4.78 is 18.6. The van der Waals surface area contributed by atoms with Crippen LogP contribution in [-0.2, 0) is 30.5 Å². The van der Waals surface area contributed by atoms with Gasteiger partial charge in [-0.05, 0) is 27.7 Å². The number of carbonyl (C=O) groups excluding carboxylic acids is 2. The molecule has 2 rings (SSSR count). The number of esters is 1. The highest BCUT2D eigenvalue weighted by atomic mass is 16.6. The van der Waals surface area contributed by atoms with Crippen molar-refractivity contribution >= 4 is 11.9 Å². The lowest BCUT2D eigenvalue weighted by atomic mass is 9.98. The SMILES string of the molecule is C[C@@H]1CC(OCC(=O)NCCN)C(n2ccc(=O)n(COC(=O)C(C)(C)C)c2=O)O1. The third-order valence-corrected chi connectivity index (χ3v) is 4.46. The molecule has 0 radical (unpaired) electrons. The van der Waals surface area contributed by atoms with Crippen LogP contribution in [0.4, 0.5) is 0 Å². The van der Waals surface area contributed by atoms with Gasteiger partial charge in [0.05, 0.1) is 11.5 Å². The smallest absolute Gasteiger partial charge is 0.335 e. The van der Waals surface area contributed by atoms with Gasteiger partial charge in [-0.25, -0.2) is 9.36 Å². The lowest BCUT2D eigenvalue weighted by Gasteiger charge is -2.22. The monoisotopic (exact) mass is 426 g/mol. The molecule has 1 aliphatic rings. The Labute approximate surface area is 174 Å². The number of nitrogens with zero attached hydrogens (tertiary/aromatic N) is 2. The van der Waals surface area contributed by atoms with E-state index in [1.165, 1.54) is 16.8 Å². The van der Waals surface area contributed by atoms with Crippen molar-refractivity contribution in [3.8, 4) is 0 Å². The van der Waals surface area contributed by atoms with Crippen molar-refractivity contribution in [2.45, 2.75) is 59.3 Å². The van der Waals surface area contributed by atoms with Crippen LogP contribution in [0.25, 0.3) is 0 Å². The lowest BCUT2D eigenvalue weighted by molar-refractivity contribution is -0.157. The first kappa shape index (κ1) is 23.8. The van der Waals surface area contributed by atoms with Crippen molar-refractivity contribution in [2.24, 2.45) is 11.1 Å². The standard InChI is InChI=1S/C19H30N4O7/c1-12-9-13(28-10-14(24)21-7-6-20)16(30-12)22-8-5-15(25)23(18(22)27)11-29-17(26)19(2,3)4/h5,8,12-13,16H,6-7,9-11,20H2,1-4H3,(H,21,24)/t12-,13?,16?/m1/s1. The van der Waals surface area contributed by atoms with E-state index in [-0.39, 0.29) is 18.6 Å². The number of ether oxygens (including phenoxy) is 3. The molecule has 0 bridgehead atoms. The van der Waals surface area contributed by atoms with Crippen LogP contribution in [0, 0.1) is 5.41 Å². The maximum Gasteiger partial charge on any atom is 0.335 e. The molecule has 1 aliphatic heterocycles. The third kappa shape index (κ3) is 6.00. The molecule has 0 spiro atoms. The number of carbonyl (C=O) groups is 2. The number of nitrogens with one attached hydrogen (secondary N) is 1. The van der Waals surface area contributed by atoms with Crippen LogP contribution in [-0.4, -0.2) is 52.9 Å². The van der Waals surface area contributed by atoms with E-state index in [1.54, 1.807) is 20.8 Å². The Morgan fingerprint density at radius 2 is 2.03 bits per heavy atom.